The van der Waals surface area contributed by atoms with Crippen molar-refractivity contribution < 1.29 is 22.6 Å². The summed E-state index contributed by atoms with van der Waals surface area (Å²) in [6, 6.07) is 2.22. The van der Waals surface area contributed by atoms with Crippen molar-refractivity contribution in [1.82, 2.24) is 0 Å². The summed E-state index contributed by atoms with van der Waals surface area (Å²) in [5.41, 5.74) is 0.785. The molecular formula is C14H13F3O2. The van der Waals surface area contributed by atoms with Crippen LogP contribution in [0.4, 0.5) is 13.2 Å². The Morgan fingerprint density at radius 3 is 2.37 bits per heavy atom. The monoisotopic (exact) mass is 270 g/mol. The third-order valence-electron chi connectivity index (χ3n) is 3.63. The molecular weight excluding hydrogens is 257 g/mol. The fraction of sp³-hybridized carbons (Fsp3) is 0.429. The van der Waals surface area contributed by atoms with E-state index in [1.54, 1.807) is 6.08 Å². The first-order chi connectivity index (χ1) is 9.11. The second-order valence-corrected chi connectivity index (χ2v) is 4.76. The number of hydrogen-bond donors (Lipinski definition) is 0. The smallest absolute Gasteiger partial charge is 0.195 e. The molecule has 2 aliphatic rings. The maximum Gasteiger partial charge on any atom is 0.195 e. The zero-order valence-electron chi connectivity index (χ0n) is 10.2. The average molecular weight is 270 g/mol. The van der Waals surface area contributed by atoms with Crippen molar-refractivity contribution in [2.24, 2.45) is 0 Å². The lowest BCUT2D eigenvalue weighted by molar-refractivity contribution is -0.159. The van der Waals surface area contributed by atoms with Gasteiger partial charge in [-0.2, -0.15) is 0 Å². The van der Waals surface area contributed by atoms with E-state index in [4.69, 9.17) is 9.47 Å². The van der Waals surface area contributed by atoms with Crippen LogP contribution in [0.2, 0.25) is 0 Å². The van der Waals surface area contributed by atoms with Crippen LogP contribution in [0.5, 0.6) is 0 Å². The van der Waals surface area contributed by atoms with Gasteiger partial charge < -0.3 is 9.47 Å². The van der Waals surface area contributed by atoms with Crippen LogP contribution >= 0.6 is 0 Å². The molecule has 0 radical (unpaired) electrons. The van der Waals surface area contributed by atoms with E-state index < -0.39 is 23.2 Å². The van der Waals surface area contributed by atoms with Gasteiger partial charge in [-0.25, -0.2) is 13.2 Å². The number of allylic oxidation sites excluding steroid dienone is 1. The zero-order valence-corrected chi connectivity index (χ0v) is 10.2. The van der Waals surface area contributed by atoms with Crippen LogP contribution < -0.4 is 0 Å². The number of hydrogen-bond acceptors (Lipinski definition) is 2. The van der Waals surface area contributed by atoms with Crippen molar-refractivity contribution >= 4 is 5.57 Å². The van der Waals surface area contributed by atoms with Gasteiger partial charge in [-0.15, -0.1) is 0 Å². The molecule has 19 heavy (non-hydrogen) atoms. The number of benzene rings is 1. The van der Waals surface area contributed by atoms with Gasteiger partial charge in [0.1, 0.15) is 0 Å². The lowest BCUT2D eigenvalue weighted by Crippen LogP contribution is -2.31. The Morgan fingerprint density at radius 2 is 1.74 bits per heavy atom. The van der Waals surface area contributed by atoms with E-state index in [2.05, 4.69) is 0 Å². The number of ether oxygens (including phenoxy) is 2. The Bertz CT molecular complexity index is 534. The second kappa shape index (κ2) is 4.65. The van der Waals surface area contributed by atoms with Gasteiger partial charge in [0, 0.05) is 18.4 Å². The largest absolute Gasteiger partial charge is 0.347 e. The molecule has 3 rings (SSSR count). The highest BCUT2D eigenvalue weighted by Crippen LogP contribution is 2.39. The summed E-state index contributed by atoms with van der Waals surface area (Å²) < 4.78 is 50.9. The van der Waals surface area contributed by atoms with E-state index in [0.717, 1.165) is 6.07 Å². The van der Waals surface area contributed by atoms with Crippen molar-refractivity contribution in [3.05, 3.63) is 41.2 Å². The minimum atomic E-state index is -1.42. The molecule has 0 aromatic heterocycles. The van der Waals surface area contributed by atoms with Crippen molar-refractivity contribution in [1.29, 1.82) is 0 Å². The Balaban J connectivity index is 1.88. The lowest BCUT2D eigenvalue weighted by Gasteiger charge is -2.30. The van der Waals surface area contributed by atoms with E-state index in [1.807, 2.05) is 0 Å². The first-order valence-electron chi connectivity index (χ1n) is 6.22. The van der Waals surface area contributed by atoms with Gasteiger partial charge in [0.2, 0.25) is 0 Å². The number of rotatable bonds is 1. The standard InChI is InChI=1S/C14H13F3O2/c15-11-2-1-10(12(16)13(11)17)9-3-5-14(6-4-9)18-7-8-19-14/h1-3H,4-8H2. The van der Waals surface area contributed by atoms with Crippen molar-refractivity contribution in [3.63, 3.8) is 0 Å². The van der Waals surface area contributed by atoms with Crippen molar-refractivity contribution in [3.8, 4) is 0 Å². The highest BCUT2D eigenvalue weighted by atomic mass is 19.2. The molecule has 5 heteroatoms. The molecule has 102 valence electrons. The molecule has 1 aromatic carbocycles. The summed E-state index contributed by atoms with van der Waals surface area (Å²) >= 11 is 0. The molecule has 1 saturated heterocycles. The van der Waals surface area contributed by atoms with Crippen molar-refractivity contribution in [2.45, 2.75) is 25.0 Å². The quantitative estimate of drug-likeness (QED) is 0.728. The van der Waals surface area contributed by atoms with Crippen LogP contribution in [0, 0.1) is 17.5 Å². The van der Waals surface area contributed by atoms with Crippen LogP contribution in [0.1, 0.15) is 24.8 Å². The molecule has 1 spiro atoms. The Kier molecular flexibility index (Phi) is 3.11. The second-order valence-electron chi connectivity index (χ2n) is 4.76. The van der Waals surface area contributed by atoms with Crippen LogP contribution in [0.25, 0.3) is 5.57 Å². The maximum absolute atomic E-state index is 13.7. The van der Waals surface area contributed by atoms with Gasteiger partial charge in [-0.1, -0.05) is 6.08 Å². The molecule has 1 aliphatic carbocycles. The van der Waals surface area contributed by atoms with Crippen LogP contribution in [0.15, 0.2) is 18.2 Å². The summed E-state index contributed by atoms with van der Waals surface area (Å²) in [5, 5.41) is 0. The Labute approximate surface area is 108 Å². The van der Waals surface area contributed by atoms with Gasteiger partial charge in [0.25, 0.3) is 0 Å². The summed E-state index contributed by atoms with van der Waals surface area (Å²) in [6.07, 6.45) is 3.39. The van der Waals surface area contributed by atoms with Gasteiger partial charge >= 0.3 is 0 Å². The molecule has 1 heterocycles. The lowest BCUT2D eigenvalue weighted by atomic mass is 9.89. The fourth-order valence-electron chi connectivity index (χ4n) is 2.59. The van der Waals surface area contributed by atoms with Crippen LogP contribution in [-0.2, 0) is 9.47 Å². The van der Waals surface area contributed by atoms with Crippen LogP contribution in [-0.4, -0.2) is 19.0 Å². The molecule has 1 aliphatic heterocycles. The Morgan fingerprint density at radius 1 is 1.00 bits per heavy atom. The maximum atomic E-state index is 13.7. The van der Waals surface area contributed by atoms with Crippen LogP contribution in [0.3, 0.4) is 0 Å². The molecule has 0 bridgehead atoms. The highest BCUT2D eigenvalue weighted by Gasteiger charge is 2.38. The molecule has 0 saturated carbocycles. The van der Waals surface area contributed by atoms with E-state index in [1.165, 1.54) is 6.07 Å². The summed E-state index contributed by atoms with van der Waals surface area (Å²) in [7, 11) is 0. The molecule has 0 N–H and O–H groups in total. The summed E-state index contributed by atoms with van der Waals surface area (Å²) in [5.74, 6) is -4.32. The predicted octanol–water partition coefficient (Wildman–Crippen LogP) is 3.41. The fourth-order valence-corrected chi connectivity index (χ4v) is 2.59. The zero-order chi connectivity index (χ0) is 13.5. The molecule has 2 nitrogen and oxygen atoms in total. The summed E-state index contributed by atoms with van der Waals surface area (Å²) in [6.45, 7) is 1.12. The van der Waals surface area contributed by atoms with E-state index >= 15 is 0 Å². The van der Waals surface area contributed by atoms with E-state index in [0.29, 0.717) is 38.0 Å². The molecule has 1 aromatic rings. The first-order valence-corrected chi connectivity index (χ1v) is 6.22. The molecule has 0 atom stereocenters. The average Bonchev–Trinajstić information content (AvgIpc) is 2.86. The van der Waals surface area contributed by atoms with E-state index in [-0.39, 0.29) is 5.56 Å². The molecule has 1 fully saturated rings. The Hall–Kier alpha value is -1.33. The third kappa shape index (κ3) is 2.17. The minimum absolute atomic E-state index is 0.117. The van der Waals surface area contributed by atoms with Crippen molar-refractivity contribution in [2.75, 3.05) is 13.2 Å². The van der Waals surface area contributed by atoms with Gasteiger partial charge in [-0.05, 0) is 24.1 Å². The predicted molar refractivity (Wildman–Crippen MR) is 62.8 cm³/mol. The van der Waals surface area contributed by atoms with Gasteiger partial charge in [0.05, 0.1) is 13.2 Å². The molecule has 0 amide bonds. The van der Waals surface area contributed by atoms with E-state index in [9.17, 15) is 13.2 Å². The summed E-state index contributed by atoms with van der Waals surface area (Å²) in [4.78, 5) is 0. The number of halogens is 3. The normalized spacial score (nSPS) is 21.7. The first kappa shape index (κ1) is 12.7. The van der Waals surface area contributed by atoms with Gasteiger partial charge in [-0.3, -0.25) is 0 Å². The third-order valence-corrected chi connectivity index (χ3v) is 3.63. The highest BCUT2D eigenvalue weighted by molar-refractivity contribution is 5.67. The SMILES string of the molecule is Fc1ccc(C2=CCC3(CC2)OCCO3)c(F)c1F. The van der Waals surface area contributed by atoms with Gasteiger partial charge in [0.15, 0.2) is 23.2 Å². The topological polar surface area (TPSA) is 18.5 Å². The molecule has 0 unspecified atom stereocenters. The minimum Gasteiger partial charge on any atom is -0.347 e.